The van der Waals surface area contributed by atoms with Gasteiger partial charge in [0.05, 0.1) is 13.2 Å². The van der Waals surface area contributed by atoms with E-state index >= 15 is 0 Å². The van der Waals surface area contributed by atoms with E-state index in [1.165, 1.54) is 4.90 Å². The molecule has 2 aromatic heterocycles. The Morgan fingerprint density at radius 3 is 2.79 bits per heavy atom. The van der Waals surface area contributed by atoms with Gasteiger partial charge in [0, 0.05) is 5.39 Å². The van der Waals surface area contributed by atoms with Crippen LogP contribution in [0.25, 0.3) is 22.1 Å². The fraction of sp³-hybridized carbons (Fsp3) is 0.286. The van der Waals surface area contributed by atoms with Crippen molar-refractivity contribution >= 4 is 27.9 Å². The van der Waals surface area contributed by atoms with Gasteiger partial charge in [-0.1, -0.05) is 12.1 Å². The van der Waals surface area contributed by atoms with Crippen LogP contribution in [0.5, 0.6) is 0 Å². The molecule has 0 radical (unpaired) electrons. The maximum Gasteiger partial charge on any atom is 0.273 e. The van der Waals surface area contributed by atoms with E-state index < -0.39 is 0 Å². The van der Waals surface area contributed by atoms with Gasteiger partial charge in [-0.15, -0.1) is 0 Å². The predicted octanol–water partition coefficient (Wildman–Crippen LogP) is 0.923. The lowest BCUT2D eigenvalue weighted by molar-refractivity contribution is -0.844. The first kappa shape index (κ1) is 10.9. The highest BCUT2D eigenvalue weighted by Gasteiger charge is 2.24. The Balaban J connectivity index is 1.95. The normalized spacial score (nSPS) is 17.3. The summed E-state index contributed by atoms with van der Waals surface area (Å²) in [6.07, 6.45) is 1.63. The Bertz CT molecular complexity index is 732. The van der Waals surface area contributed by atoms with Gasteiger partial charge in [-0.25, -0.2) is 4.98 Å². The van der Waals surface area contributed by atoms with Crippen molar-refractivity contribution in [1.29, 1.82) is 0 Å². The van der Waals surface area contributed by atoms with Crippen molar-refractivity contribution in [2.45, 2.75) is 0 Å². The zero-order valence-electron chi connectivity index (χ0n) is 10.4. The molecule has 0 aliphatic carbocycles. The minimum absolute atomic E-state index is 0.765. The molecule has 1 fully saturated rings. The maximum atomic E-state index is 5.95. The number of fused-ring (bicyclic) bond motifs is 3. The minimum Gasteiger partial charge on any atom is -0.446 e. The van der Waals surface area contributed by atoms with Gasteiger partial charge in [0.2, 0.25) is 5.58 Å². The monoisotopic (exact) mass is 256 g/mol. The zero-order valence-corrected chi connectivity index (χ0v) is 10.4. The summed E-state index contributed by atoms with van der Waals surface area (Å²) in [6, 6.07) is 7.97. The van der Waals surface area contributed by atoms with Crippen LogP contribution in [0, 0.1) is 0 Å². The summed E-state index contributed by atoms with van der Waals surface area (Å²) in [6.45, 7) is 3.37. The summed E-state index contributed by atoms with van der Waals surface area (Å²) in [5.74, 6) is 0.949. The van der Waals surface area contributed by atoms with Crippen LogP contribution in [-0.4, -0.2) is 36.3 Å². The van der Waals surface area contributed by atoms with Gasteiger partial charge in [0.15, 0.2) is 0 Å². The Hall–Kier alpha value is -1.98. The number of rotatable bonds is 1. The number of aromatic nitrogens is 2. The zero-order chi connectivity index (χ0) is 12.7. The fourth-order valence-electron chi connectivity index (χ4n) is 2.63. The molecule has 1 aromatic carbocycles. The Morgan fingerprint density at radius 2 is 1.89 bits per heavy atom. The molecule has 4 rings (SSSR count). The first-order valence-corrected chi connectivity index (χ1v) is 6.48. The molecule has 1 aliphatic rings. The number of ether oxygens (including phenoxy) is 1. The van der Waals surface area contributed by atoms with E-state index in [1.54, 1.807) is 6.33 Å². The average Bonchev–Trinajstić information content (AvgIpc) is 2.87. The number of benzene rings is 1. The van der Waals surface area contributed by atoms with Crippen molar-refractivity contribution in [3.8, 4) is 0 Å². The van der Waals surface area contributed by atoms with Gasteiger partial charge in [-0.3, -0.25) is 4.90 Å². The number of morpholine rings is 1. The molecule has 5 nitrogen and oxygen atoms in total. The van der Waals surface area contributed by atoms with E-state index in [-0.39, 0.29) is 0 Å². The molecule has 1 aliphatic heterocycles. The van der Waals surface area contributed by atoms with Crippen molar-refractivity contribution in [1.82, 2.24) is 9.97 Å². The van der Waals surface area contributed by atoms with Crippen molar-refractivity contribution in [2.24, 2.45) is 0 Å². The number of furan rings is 1. The summed E-state index contributed by atoms with van der Waals surface area (Å²) in [5, 5.41) is 1.05. The van der Waals surface area contributed by atoms with Crippen LogP contribution in [0.3, 0.4) is 0 Å². The molecular formula is C14H14N3O2+. The number of para-hydroxylation sites is 1. The standard InChI is InChI=1S/C14H13N3O2/c1-2-4-11-10(3-1)12-13(19-11)14(16-9-15-12)17-5-7-18-8-6-17/h1-4,9H,5-8H2/p+1. The molecule has 5 heteroatoms. The summed E-state index contributed by atoms with van der Waals surface area (Å²) >= 11 is 0. The highest BCUT2D eigenvalue weighted by Crippen LogP contribution is 2.28. The van der Waals surface area contributed by atoms with Gasteiger partial charge in [-0.05, 0) is 12.1 Å². The number of nitrogens with one attached hydrogen (secondary N) is 1. The topological polar surface area (TPSA) is 52.6 Å². The lowest BCUT2D eigenvalue weighted by atomic mass is 10.2. The minimum atomic E-state index is 0.765. The molecule has 1 saturated heterocycles. The quantitative estimate of drug-likeness (QED) is 0.703. The van der Waals surface area contributed by atoms with Crippen LogP contribution in [0.4, 0.5) is 5.82 Å². The van der Waals surface area contributed by atoms with E-state index in [0.717, 1.165) is 54.2 Å². The largest absolute Gasteiger partial charge is 0.446 e. The molecule has 0 saturated carbocycles. The number of hydrogen-bond acceptors (Lipinski definition) is 4. The molecular weight excluding hydrogens is 242 g/mol. The lowest BCUT2D eigenvalue weighted by Crippen LogP contribution is -3.09. The summed E-state index contributed by atoms with van der Waals surface area (Å²) < 4.78 is 11.3. The van der Waals surface area contributed by atoms with Crippen LogP contribution in [0.2, 0.25) is 0 Å². The molecule has 0 unspecified atom stereocenters. The van der Waals surface area contributed by atoms with Crippen molar-refractivity contribution in [3.63, 3.8) is 0 Å². The highest BCUT2D eigenvalue weighted by atomic mass is 16.5. The van der Waals surface area contributed by atoms with E-state index in [0.29, 0.717) is 0 Å². The van der Waals surface area contributed by atoms with Crippen molar-refractivity contribution < 1.29 is 14.1 Å². The number of quaternary nitrogens is 1. The third-order valence-electron chi connectivity index (χ3n) is 3.59. The third kappa shape index (κ3) is 1.70. The predicted molar refractivity (Wildman–Crippen MR) is 70.5 cm³/mol. The van der Waals surface area contributed by atoms with Crippen LogP contribution < -0.4 is 4.90 Å². The van der Waals surface area contributed by atoms with Gasteiger partial charge in [0.25, 0.3) is 5.82 Å². The van der Waals surface area contributed by atoms with Crippen LogP contribution in [-0.2, 0) is 4.74 Å². The second-order valence-corrected chi connectivity index (χ2v) is 4.71. The van der Waals surface area contributed by atoms with Crippen LogP contribution in [0.15, 0.2) is 35.0 Å². The molecule has 3 heterocycles. The second-order valence-electron chi connectivity index (χ2n) is 4.71. The van der Waals surface area contributed by atoms with E-state index in [1.807, 2.05) is 24.3 Å². The van der Waals surface area contributed by atoms with Gasteiger partial charge in [-0.2, -0.15) is 4.98 Å². The molecule has 96 valence electrons. The van der Waals surface area contributed by atoms with Crippen molar-refractivity contribution in [2.75, 3.05) is 26.3 Å². The molecule has 3 aromatic rings. The van der Waals surface area contributed by atoms with Gasteiger partial charge < -0.3 is 9.15 Å². The molecule has 0 amide bonds. The summed E-state index contributed by atoms with van der Waals surface area (Å²) in [5.41, 5.74) is 2.58. The molecule has 0 bridgehead atoms. The van der Waals surface area contributed by atoms with Crippen LogP contribution in [0.1, 0.15) is 0 Å². The SMILES string of the molecule is c1ccc2c(c1)oc1c([NH+]3CCOCC3)ncnc12. The summed E-state index contributed by atoms with van der Waals surface area (Å²) in [7, 11) is 0. The Morgan fingerprint density at radius 1 is 1.05 bits per heavy atom. The molecule has 1 N–H and O–H groups in total. The van der Waals surface area contributed by atoms with Gasteiger partial charge in [0.1, 0.15) is 30.5 Å². The number of hydrogen-bond donors (Lipinski definition) is 1. The van der Waals surface area contributed by atoms with E-state index in [4.69, 9.17) is 9.15 Å². The Labute approximate surface area is 109 Å². The fourth-order valence-corrected chi connectivity index (χ4v) is 2.63. The first-order valence-electron chi connectivity index (χ1n) is 6.48. The van der Waals surface area contributed by atoms with Crippen LogP contribution >= 0.6 is 0 Å². The smallest absolute Gasteiger partial charge is 0.273 e. The van der Waals surface area contributed by atoms with E-state index in [2.05, 4.69) is 9.97 Å². The summed E-state index contributed by atoms with van der Waals surface area (Å²) in [4.78, 5) is 10.1. The molecule has 0 spiro atoms. The third-order valence-corrected chi connectivity index (χ3v) is 3.59. The molecule has 19 heavy (non-hydrogen) atoms. The van der Waals surface area contributed by atoms with Gasteiger partial charge >= 0.3 is 0 Å². The maximum absolute atomic E-state index is 5.95. The lowest BCUT2D eigenvalue weighted by Gasteiger charge is -2.21. The van der Waals surface area contributed by atoms with E-state index in [9.17, 15) is 0 Å². The second kappa shape index (κ2) is 4.29. The average molecular weight is 256 g/mol. The number of nitrogens with zero attached hydrogens (tertiary/aromatic N) is 2. The molecule has 0 atom stereocenters. The Kier molecular flexibility index (Phi) is 2.46. The first-order chi connectivity index (χ1) is 9.43. The van der Waals surface area contributed by atoms with Crippen molar-refractivity contribution in [3.05, 3.63) is 30.6 Å². The highest BCUT2D eigenvalue weighted by molar-refractivity contribution is 6.04.